The molecule has 0 saturated carbocycles. The maximum atomic E-state index is 12.0. The number of likely N-dealkylation sites (N-methyl/N-ethyl adjacent to an activating group) is 1. The van der Waals surface area contributed by atoms with Gasteiger partial charge in [-0.25, -0.2) is 9.48 Å². The average molecular weight is 281 g/mol. The highest BCUT2D eigenvalue weighted by Crippen LogP contribution is 2.27. The summed E-state index contributed by atoms with van der Waals surface area (Å²) < 4.78 is 6.55. The molecule has 0 spiro atoms. The lowest BCUT2D eigenvalue weighted by molar-refractivity contribution is 0.0602. The highest BCUT2D eigenvalue weighted by atomic mass is 16.5. The molecule has 1 aliphatic rings. The minimum Gasteiger partial charge on any atom is -0.465 e. The summed E-state index contributed by atoms with van der Waals surface area (Å²) in [4.78, 5) is 16.3. The molecule has 1 aromatic rings. The molecule has 0 unspecified atom stereocenters. The number of carbonyl (C=O) groups is 1. The van der Waals surface area contributed by atoms with Gasteiger partial charge < -0.3 is 20.3 Å². The zero-order valence-corrected chi connectivity index (χ0v) is 12.4. The van der Waals surface area contributed by atoms with Gasteiger partial charge in [-0.2, -0.15) is 5.10 Å². The maximum Gasteiger partial charge on any atom is 0.345 e. The smallest absolute Gasteiger partial charge is 0.345 e. The summed E-state index contributed by atoms with van der Waals surface area (Å²) in [7, 11) is 3.45. The van der Waals surface area contributed by atoms with E-state index in [9.17, 15) is 4.79 Å². The third-order valence-corrected chi connectivity index (χ3v) is 3.60. The van der Waals surface area contributed by atoms with Gasteiger partial charge in [-0.3, -0.25) is 0 Å². The number of carbonyl (C=O) groups excluding carboxylic acids is 1. The topological polar surface area (TPSA) is 76.6 Å². The third-order valence-electron chi connectivity index (χ3n) is 3.60. The van der Waals surface area contributed by atoms with Crippen molar-refractivity contribution < 1.29 is 9.53 Å². The van der Waals surface area contributed by atoms with Crippen LogP contribution in [0.4, 0.5) is 11.6 Å². The Morgan fingerprint density at radius 2 is 2.00 bits per heavy atom. The lowest BCUT2D eigenvalue weighted by Crippen LogP contribution is -2.45. The molecule has 0 amide bonds. The van der Waals surface area contributed by atoms with Crippen LogP contribution in [0, 0.1) is 0 Å². The minimum atomic E-state index is -0.418. The number of esters is 1. The van der Waals surface area contributed by atoms with Crippen molar-refractivity contribution in [2.24, 2.45) is 0 Å². The first-order valence-electron chi connectivity index (χ1n) is 6.96. The van der Waals surface area contributed by atoms with Crippen molar-refractivity contribution in [3.05, 3.63) is 5.56 Å². The van der Waals surface area contributed by atoms with Gasteiger partial charge in [-0.05, 0) is 13.5 Å². The highest BCUT2D eigenvalue weighted by molar-refractivity contribution is 5.99. The lowest BCUT2D eigenvalue weighted by atomic mass is 10.2. The fourth-order valence-electron chi connectivity index (χ4n) is 2.38. The maximum absolute atomic E-state index is 12.0. The van der Waals surface area contributed by atoms with E-state index in [1.165, 1.54) is 7.11 Å². The quantitative estimate of drug-likeness (QED) is 0.806. The lowest BCUT2D eigenvalue weighted by Gasteiger charge is -2.32. The Morgan fingerprint density at radius 3 is 2.55 bits per heavy atom. The molecule has 1 aliphatic heterocycles. The summed E-state index contributed by atoms with van der Waals surface area (Å²) in [5, 5.41) is 4.52. The fraction of sp³-hybridized carbons (Fsp3) is 0.692. The second-order valence-electron chi connectivity index (χ2n) is 5.09. The number of ether oxygens (including phenoxy) is 1. The Bertz CT molecular complexity index is 477. The van der Waals surface area contributed by atoms with E-state index in [1.54, 1.807) is 4.68 Å². The van der Waals surface area contributed by atoms with Crippen LogP contribution in [0.2, 0.25) is 0 Å². The van der Waals surface area contributed by atoms with Gasteiger partial charge in [0.1, 0.15) is 11.4 Å². The molecule has 0 bridgehead atoms. The number of aromatic nitrogens is 2. The number of hydrogen-bond donors (Lipinski definition) is 1. The molecule has 7 heteroatoms. The van der Waals surface area contributed by atoms with Gasteiger partial charge in [-0.1, -0.05) is 6.92 Å². The molecular weight excluding hydrogens is 258 g/mol. The average Bonchev–Trinajstić information content (AvgIpc) is 2.77. The van der Waals surface area contributed by atoms with Gasteiger partial charge in [0, 0.05) is 32.7 Å². The molecular formula is C13H23N5O2. The standard InChI is InChI=1S/C13H23N5O2/c1-4-5-18-11(14)10(13(19)20-3)12(15-18)17-8-6-16(2)7-9-17/h4-9,14H2,1-3H3. The van der Waals surface area contributed by atoms with Crippen molar-refractivity contribution in [2.45, 2.75) is 19.9 Å². The molecule has 1 aromatic heterocycles. The van der Waals surface area contributed by atoms with Crippen LogP contribution in [0.5, 0.6) is 0 Å². The summed E-state index contributed by atoms with van der Waals surface area (Å²) in [5.74, 6) is 0.627. The minimum absolute atomic E-state index is 0.394. The Morgan fingerprint density at radius 1 is 1.35 bits per heavy atom. The monoisotopic (exact) mass is 281 g/mol. The second kappa shape index (κ2) is 6.13. The van der Waals surface area contributed by atoms with Crippen LogP contribution in [0.3, 0.4) is 0 Å². The summed E-state index contributed by atoms with van der Waals surface area (Å²) in [6, 6.07) is 0. The van der Waals surface area contributed by atoms with Crippen LogP contribution in [-0.2, 0) is 11.3 Å². The number of anilines is 2. The largest absolute Gasteiger partial charge is 0.465 e. The summed E-state index contributed by atoms with van der Waals surface area (Å²) >= 11 is 0. The Hall–Kier alpha value is -1.76. The molecule has 0 aromatic carbocycles. The highest BCUT2D eigenvalue weighted by Gasteiger charge is 2.28. The van der Waals surface area contributed by atoms with Crippen molar-refractivity contribution in [3.63, 3.8) is 0 Å². The first-order valence-corrected chi connectivity index (χ1v) is 6.96. The predicted molar refractivity (Wildman–Crippen MR) is 78.0 cm³/mol. The van der Waals surface area contributed by atoms with E-state index in [-0.39, 0.29) is 0 Å². The van der Waals surface area contributed by atoms with Crippen LogP contribution in [-0.4, -0.2) is 61.0 Å². The van der Waals surface area contributed by atoms with Crippen LogP contribution >= 0.6 is 0 Å². The van der Waals surface area contributed by atoms with Crippen molar-refractivity contribution in [3.8, 4) is 0 Å². The van der Waals surface area contributed by atoms with Gasteiger partial charge >= 0.3 is 5.97 Å². The first kappa shape index (κ1) is 14.6. The van der Waals surface area contributed by atoms with Gasteiger partial charge in [0.05, 0.1) is 7.11 Å². The van der Waals surface area contributed by atoms with Gasteiger partial charge in [0.25, 0.3) is 0 Å². The van der Waals surface area contributed by atoms with Crippen molar-refractivity contribution in [2.75, 3.05) is 51.0 Å². The second-order valence-corrected chi connectivity index (χ2v) is 5.09. The Labute approximate surface area is 119 Å². The van der Waals surface area contributed by atoms with E-state index in [2.05, 4.69) is 28.9 Å². The van der Waals surface area contributed by atoms with Gasteiger partial charge in [0.2, 0.25) is 0 Å². The van der Waals surface area contributed by atoms with E-state index in [0.29, 0.717) is 23.7 Å². The zero-order chi connectivity index (χ0) is 14.7. The molecule has 7 nitrogen and oxygen atoms in total. The molecule has 1 fully saturated rings. The zero-order valence-electron chi connectivity index (χ0n) is 12.4. The predicted octanol–water partition coefficient (Wildman–Crippen LogP) is 0.414. The molecule has 2 N–H and O–H groups in total. The van der Waals surface area contributed by atoms with Crippen LogP contribution in [0.1, 0.15) is 23.7 Å². The van der Waals surface area contributed by atoms with Crippen LogP contribution in [0.25, 0.3) is 0 Å². The first-order chi connectivity index (χ1) is 9.58. The van der Waals surface area contributed by atoms with E-state index < -0.39 is 5.97 Å². The van der Waals surface area contributed by atoms with Crippen LogP contribution in [0.15, 0.2) is 0 Å². The van der Waals surface area contributed by atoms with Gasteiger partial charge in [0.15, 0.2) is 5.82 Å². The number of nitrogen functional groups attached to an aromatic ring is 1. The number of rotatable bonds is 4. The summed E-state index contributed by atoms with van der Waals surface area (Å²) in [6.45, 7) is 6.31. The summed E-state index contributed by atoms with van der Waals surface area (Å²) in [6.07, 6.45) is 0.911. The SMILES string of the molecule is CCCn1nc(N2CCN(C)CC2)c(C(=O)OC)c1N. The van der Waals surface area contributed by atoms with E-state index in [4.69, 9.17) is 10.5 Å². The number of hydrogen-bond acceptors (Lipinski definition) is 6. The number of piperazine rings is 1. The van der Waals surface area contributed by atoms with Crippen molar-refractivity contribution in [1.29, 1.82) is 0 Å². The van der Waals surface area contributed by atoms with Gasteiger partial charge in [-0.15, -0.1) is 0 Å². The normalized spacial score (nSPS) is 16.4. The van der Waals surface area contributed by atoms with Crippen molar-refractivity contribution in [1.82, 2.24) is 14.7 Å². The Kier molecular flexibility index (Phi) is 4.49. The molecule has 112 valence electrons. The number of methoxy groups -OCH3 is 1. The molecule has 0 radical (unpaired) electrons. The van der Waals surface area contributed by atoms with Crippen molar-refractivity contribution >= 4 is 17.6 Å². The number of nitrogens with two attached hydrogens (primary N) is 1. The molecule has 2 rings (SSSR count). The molecule has 20 heavy (non-hydrogen) atoms. The number of nitrogens with zero attached hydrogens (tertiary/aromatic N) is 4. The Balaban J connectivity index is 2.35. The molecule has 0 atom stereocenters. The van der Waals surface area contributed by atoms with E-state index in [1.807, 2.05) is 0 Å². The molecule has 0 aliphatic carbocycles. The third kappa shape index (κ3) is 2.72. The van der Waals surface area contributed by atoms with E-state index >= 15 is 0 Å². The fourth-order valence-corrected chi connectivity index (χ4v) is 2.38. The van der Waals surface area contributed by atoms with E-state index in [0.717, 1.165) is 32.6 Å². The molecule has 2 heterocycles. The molecule has 1 saturated heterocycles. The summed E-state index contributed by atoms with van der Waals surface area (Å²) in [5.41, 5.74) is 6.46. The van der Waals surface area contributed by atoms with Crippen LogP contribution < -0.4 is 10.6 Å². The number of aryl methyl sites for hydroxylation is 1.